The van der Waals surface area contributed by atoms with E-state index < -0.39 is 0 Å². The topological polar surface area (TPSA) is 79.5 Å². The lowest BCUT2D eigenvalue weighted by Crippen LogP contribution is -2.47. The van der Waals surface area contributed by atoms with Crippen LogP contribution in [0.1, 0.15) is 39.9 Å². The fraction of sp³-hybridized carbons (Fsp3) is 0.355. The van der Waals surface area contributed by atoms with Crippen molar-refractivity contribution in [2.45, 2.75) is 26.3 Å². The number of benzene rings is 1. The molecule has 2 heterocycles. The highest BCUT2D eigenvalue weighted by Gasteiger charge is 2.41. The van der Waals surface area contributed by atoms with Gasteiger partial charge in [0.25, 0.3) is 0 Å². The van der Waals surface area contributed by atoms with Gasteiger partial charge in [-0.1, -0.05) is 36.3 Å². The monoisotopic (exact) mass is 542 g/mol. The average Bonchev–Trinajstić information content (AvgIpc) is 3.60. The number of hydrogen-bond donors (Lipinski definition) is 3. The molecule has 5 rings (SSSR count). The first kappa shape index (κ1) is 26.4. The van der Waals surface area contributed by atoms with E-state index in [4.69, 9.17) is 5.73 Å². The van der Waals surface area contributed by atoms with Crippen molar-refractivity contribution >= 4 is 46.6 Å². The third-order valence-corrected chi connectivity index (χ3v) is 9.94. The highest BCUT2D eigenvalue weighted by molar-refractivity contribution is 7.23. The number of guanidine groups is 1. The molecular formula is C31H34N4OS2. The first-order valence-electron chi connectivity index (χ1n) is 13.1. The van der Waals surface area contributed by atoms with Crippen LogP contribution in [0, 0.1) is 35.5 Å². The van der Waals surface area contributed by atoms with Crippen LogP contribution in [0.25, 0.3) is 21.9 Å². The van der Waals surface area contributed by atoms with Gasteiger partial charge < -0.3 is 16.4 Å². The predicted molar refractivity (Wildman–Crippen MR) is 161 cm³/mol. The van der Waals surface area contributed by atoms with Gasteiger partial charge in [-0.2, -0.15) is 0 Å². The Hall–Kier alpha value is -3.18. The lowest BCUT2D eigenvalue weighted by atomic mass is 9.63. The van der Waals surface area contributed by atoms with Crippen molar-refractivity contribution in [2.24, 2.45) is 34.4 Å². The minimum absolute atomic E-state index is 0.0397. The molecule has 4 atom stereocenters. The maximum atomic E-state index is 14.0. The van der Waals surface area contributed by atoms with Crippen LogP contribution >= 0.6 is 22.7 Å². The predicted octanol–water partition coefficient (Wildman–Crippen LogP) is 3.82. The molecule has 2 aromatic heterocycles. The Morgan fingerprint density at radius 1 is 1.05 bits per heavy atom. The molecule has 0 saturated heterocycles. The van der Waals surface area contributed by atoms with Crippen LogP contribution in [0.15, 0.2) is 47.5 Å². The average molecular weight is 543 g/mol. The van der Waals surface area contributed by atoms with Gasteiger partial charge >= 0.3 is 0 Å². The number of carbonyl (C=O) groups is 1. The van der Waals surface area contributed by atoms with E-state index in [1.165, 1.54) is 16.0 Å². The summed E-state index contributed by atoms with van der Waals surface area (Å²) in [4.78, 5) is 22.3. The first-order chi connectivity index (χ1) is 18.5. The molecule has 0 spiro atoms. The summed E-state index contributed by atoms with van der Waals surface area (Å²) in [6, 6.07) is 14.9. The van der Waals surface area contributed by atoms with Crippen molar-refractivity contribution in [3.63, 3.8) is 0 Å². The lowest BCUT2D eigenvalue weighted by Gasteiger charge is -2.41. The Labute approximate surface area is 232 Å². The lowest BCUT2D eigenvalue weighted by molar-refractivity contribution is 0.0799. The molecule has 196 valence electrons. The van der Waals surface area contributed by atoms with Gasteiger partial charge in [-0.25, -0.2) is 0 Å². The van der Waals surface area contributed by atoms with Gasteiger partial charge in [0.2, 0.25) is 0 Å². The fourth-order valence-corrected chi connectivity index (χ4v) is 7.80. The van der Waals surface area contributed by atoms with E-state index in [2.05, 4.69) is 76.0 Å². The maximum absolute atomic E-state index is 14.0. The van der Waals surface area contributed by atoms with Crippen molar-refractivity contribution in [1.82, 2.24) is 10.6 Å². The van der Waals surface area contributed by atoms with Crippen LogP contribution in [0.3, 0.4) is 0 Å². The third-order valence-electron chi connectivity index (χ3n) is 7.65. The number of nitrogens with two attached hydrogens (primary N) is 1. The van der Waals surface area contributed by atoms with Crippen LogP contribution in [-0.2, 0) is 6.54 Å². The molecule has 0 radical (unpaired) electrons. The molecule has 0 amide bonds. The molecule has 38 heavy (non-hydrogen) atoms. The Bertz CT molecular complexity index is 1540. The number of hydrogen-bond acceptors (Lipinski definition) is 5. The summed E-state index contributed by atoms with van der Waals surface area (Å²) in [6.07, 6.45) is 6.61. The largest absolute Gasteiger partial charge is 0.370 e. The molecule has 4 unspecified atom stereocenters. The Morgan fingerprint density at radius 3 is 2.63 bits per heavy atom. The molecule has 1 saturated carbocycles. The number of Topliss-reactive ketones (excluding diaryl/α,β-unsaturated/α-hetero) is 1. The summed E-state index contributed by atoms with van der Waals surface area (Å²) in [5.41, 5.74) is 7.21. The first-order valence-corrected chi connectivity index (χ1v) is 14.7. The second kappa shape index (κ2) is 11.7. The highest BCUT2D eigenvalue weighted by Crippen LogP contribution is 2.44. The number of rotatable bonds is 7. The van der Waals surface area contributed by atoms with E-state index in [-0.39, 0.29) is 23.5 Å². The quantitative estimate of drug-likeness (QED) is 0.184. The summed E-state index contributed by atoms with van der Waals surface area (Å²) in [7, 11) is 3.66. The molecule has 5 nitrogen and oxygen atoms in total. The minimum Gasteiger partial charge on any atom is -0.370 e. The number of carbonyl (C=O) groups excluding carboxylic acids is 1. The van der Waals surface area contributed by atoms with Gasteiger partial charge in [0, 0.05) is 35.8 Å². The smallest absolute Gasteiger partial charge is 0.188 e. The molecule has 3 aromatic rings. The minimum atomic E-state index is -0.0397. The van der Waals surface area contributed by atoms with Crippen LogP contribution < -0.4 is 26.8 Å². The van der Waals surface area contributed by atoms with E-state index in [1.807, 2.05) is 20.0 Å². The molecular weight excluding hydrogens is 509 g/mol. The maximum Gasteiger partial charge on any atom is 0.188 e. The van der Waals surface area contributed by atoms with E-state index >= 15 is 0 Å². The van der Waals surface area contributed by atoms with Crippen LogP contribution in [0.5, 0.6) is 0 Å². The highest BCUT2D eigenvalue weighted by atomic mass is 32.1. The van der Waals surface area contributed by atoms with E-state index in [0.717, 1.165) is 45.4 Å². The summed E-state index contributed by atoms with van der Waals surface area (Å²) in [5.74, 6) is 7.58. The second-order valence-corrected chi connectivity index (χ2v) is 12.1. The van der Waals surface area contributed by atoms with E-state index in [9.17, 15) is 4.79 Å². The van der Waals surface area contributed by atoms with Crippen molar-refractivity contribution < 1.29 is 4.79 Å². The van der Waals surface area contributed by atoms with Crippen LogP contribution in [-0.4, -0.2) is 32.4 Å². The summed E-state index contributed by atoms with van der Waals surface area (Å²) >= 11 is 3.29. The summed E-state index contributed by atoms with van der Waals surface area (Å²) in [6.45, 7) is 3.44. The zero-order valence-corrected chi connectivity index (χ0v) is 23.7. The Morgan fingerprint density at radius 2 is 1.84 bits per heavy atom. The molecule has 0 bridgehead atoms. The van der Waals surface area contributed by atoms with Crippen molar-refractivity contribution in [3.05, 3.63) is 68.2 Å². The van der Waals surface area contributed by atoms with E-state index in [1.54, 1.807) is 29.7 Å². The Kier molecular flexibility index (Phi) is 8.13. The summed E-state index contributed by atoms with van der Waals surface area (Å²) < 4.78 is 0. The molecule has 1 fully saturated rings. The van der Waals surface area contributed by atoms with Crippen molar-refractivity contribution in [1.29, 1.82) is 0 Å². The molecule has 1 aromatic carbocycles. The van der Waals surface area contributed by atoms with Gasteiger partial charge in [-0.05, 0) is 84.8 Å². The van der Waals surface area contributed by atoms with Gasteiger partial charge in [0.15, 0.2) is 11.7 Å². The standard InChI is InChI=1S/C31H34N4OS2/c1-4-5-23-9-11-27(37-23)28-12-13-29(38-28)30(36)24-10-8-21(18-35-31(32)34-3)25-15-20-7-6-19(17-33-2)14-22(20)16-26(24)25/h6-7,9,11-16,21,24-26,33H,8,10,17-18H2,1-3H3,(H3,32,34,35). The third kappa shape index (κ3) is 5.49. The second-order valence-electron chi connectivity index (χ2n) is 9.98. The molecule has 2 aliphatic carbocycles. The number of fused-ring (bicyclic) bond motifs is 2. The van der Waals surface area contributed by atoms with Gasteiger partial charge in [-0.15, -0.1) is 28.6 Å². The zero-order chi connectivity index (χ0) is 26.6. The van der Waals surface area contributed by atoms with Gasteiger partial charge in [-0.3, -0.25) is 9.79 Å². The normalized spacial score (nSPS) is 22.2. The number of ketones is 1. The van der Waals surface area contributed by atoms with E-state index in [0.29, 0.717) is 11.9 Å². The number of aliphatic imine (C=N–C) groups is 1. The summed E-state index contributed by atoms with van der Waals surface area (Å²) in [5, 5.41) is 9.02. The Balaban J connectivity index is 1.46. The molecule has 7 heteroatoms. The number of nitrogens with one attached hydrogen (secondary N) is 2. The van der Waals surface area contributed by atoms with Crippen molar-refractivity contribution in [2.75, 3.05) is 20.6 Å². The number of thiophene rings is 2. The van der Waals surface area contributed by atoms with Gasteiger partial charge in [0.05, 0.1) is 9.75 Å². The van der Waals surface area contributed by atoms with Gasteiger partial charge in [0.1, 0.15) is 0 Å². The SMILES string of the molecule is CC#Cc1ccc(-c2ccc(C(=O)C3CCC(CNC(N)=NC)C4C=c5ccc(CNC)cc5=CC34)s2)s1. The number of nitrogens with zero attached hydrogens (tertiary/aromatic N) is 1. The molecule has 0 aliphatic heterocycles. The van der Waals surface area contributed by atoms with Crippen LogP contribution in [0.4, 0.5) is 0 Å². The zero-order valence-electron chi connectivity index (χ0n) is 22.1. The van der Waals surface area contributed by atoms with Crippen LogP contribution in [0.2, 0.25) is 0 Å². The van der Waals surface area contributed by atoms with Crippen molar-refractivity contribution in [3.8, 4) is 21.6 Å². The molecule has 2 aliphatic rings. The molecule has 4 N–H and O–H groups in total. The fourth-order valence-electron chi connectivity index (χ4n) is 5.79.